The number of carbonyl (C=O) groups is 2. The molecule has 0 aromatic rings. The van der Waals surface area contributed by atoms with Crippen LogP contribution < -0.4 is 10.6 Å². The van der Waals surface area contributed by atoms with E-state index in [0.29, 0.717) is 0 Å². The largest absolute Gasteiger partial charge is 0.394 e. The number of hydrogen-bond donors (Lipinski definition) is 13. The lowest BCUT2D eigenvalue weighted by molar-refractivity contribution is -0.363. The van der Waals surface area contributed by atoms with Crippen molar-refractivity contribution in [1.29, 1.82) is 0 Å². The van der Waals surface area contributed by atoms with E-state index in [1.165, 1.54) is 6.92 Å². The molecule has 0 aromatic heterocycles. The van der Waals surface area contributed by atoms with Crippen LogP contribution in [0.3, 0.4) is 0 Å². The van der Waals surface area contributed by atoms with Gasteiger partial charge in [-0.05, 0) is 6.92 Å². The maximum Gasteiger partial charge on any atom is 0.217 e. The molecule has 22 nitrogen and oxygen atoms in total. The van der Waals surface area contributed by atoms with E-state index in [0.717, 1.165) is 13.8 Å². The summed E-state index contributed by atoms with van der Waals surface area (Å²) in [5.74, 6) is -1.41. The van der Waals surface area contributed by atoms with E-state index in [1.807, 2.05) is 0 Å². The van der Waals surface area contributed by atoms with E-state index in [4.69, 9.17) is 33.2 Å². The second kappa shape index (κ2) is 17.4. The molecule has 0 aliphatic carbocycles. The Labute approximate surface area is 285 Å². The first-order valence-corrected chi connectivity index (χ1v) is 15.9. The van der Waals surface area contributed by atoms with E-state index in [9.17, 15) is 65.8 Å². The van der Waals surface area contributed by atoms with Crippen molar-refractivity contribution >= 4 is 11.8 Å². The Kier molecular flexibility index (Phi) is 14.2. The molecule has 0 saturated carbocycles. The van der Waals surface area contributed by atoms with E-state index < -0.39 is 154 Å². The van der Waals surface area contributed by atoms with Crippen molar-refractivity contribution in [1.82, 2.24) is 10.6 Å². The second-order valence-electron chi connectivity index (χ2n) is 12.6. The zero-order valence-electron chi connectivity index (χ0n) is 27.3. The van der Waals surface area contributed by atoms with Gasteiger partial charge < -0.3 is 100.0 Å². The highest BCUT2D eigenvalue weighted by molar-refractivity contribution is 5.73. The summed E-state index contributed by atoms with van der Waals surface area (Å²) < 4.78 is 39.5. The molecule has 0 spiro atoms. The molecule has 4 rings (SSSR count). The molecule has 0 aromatic carbocycles. The van der Waals surface area contributed by atoms with Crippen LogP contribution in [0, 0.1) is 0 Å². The van der Waals surface area contributed by atoms with E-state index in [2.05, 4.69) is 10.6 Å². The molecule has 290 valence electrons. The van der Waals surface area contributed by atoms with Crippen LogP contribution >= 0.6 is 0 Å². The van der Waals surface area contributed by atoms with Gasteiger partial charge in [0.15, 0.2) is 25.2 Å². The maximum atomic E-state index is 12.3. The Morgan fingerprint density at radius 2 is 1.06 bits per heavy atom. The standard InChI is InChI=1S/C28H48N2O20/c1-7-15(35)19(39)21(41)27(45-7)44-6-12-24(17(37)13(25(43)46-12)29-8(2)33)49-26-14(30-9(3)34)18(38)23(11(5-32)48-26)50-28-22(42)20(40)16(36)10(4-31)47-28/h7,10-28,31-32,35-43H,4-6H2,1-3H3,(H,29,33)(H,30,34)/t7-,10+,11+,12+,13+,14+,15+,16+,17+,18+,19+,20-,21-,22-,23+,24+,25-,26-,27+,28-/m0/s1. The molecular formula is C28H48N2O20. The molecule has 0 radical (unpaired) electrons. The van der Waals surface area contributed by atoms with Gasteiger partial charge in [0.1, 0.15) is 91.4 Å². The molecule has 4 aliphatic heterocycles. The summed E-state index contributed by atoms with van der Waals surface area (Å²) in [6, 6.07) is -3.09. The first kappa shape index (κ1) is 41.0. The summed E-state index contributed by atoms with van der Waals surface area (Å²) >= 11 is 0. The highest BCUT2D eigenvalue weighted by Crippen LogP contribution is 2.33. The van der Waals surface area contributed by atoms with Crippen LogP contribution in [0.2, 0.25) is 0 Å². The molecule has 20 atom stereocenters. The fourth-order valence-corrected chi connectivity index (χ4v) is 6.20. The molecule has 50 heavy (non-hydrogen) atoms. The van der Waals surface area contributed by atoms with Gasteiger partial charge in [-0.25, -0.2) is 0 Å². The third-order valence-electron chi connectivity index (χ3n) is 8.95. The highest BCUT2D eigenvalue weighted by Gasteiger charge is 2.54. The lowest BCUT2D eigenvalue weighted by atomic mass is 9.94. The number of nitrogens with one attached hydrogen (secondary N) is 2. The lowest BCUT2D eigenvalue weighted by Gasteiger charge is -2.49. The molecule has 4 saturated heterocycles. The Morgan fingerprint density at radius 1 is 0.560 bits per heavy atom. The van der Waals surface area contributed by atoms with Crippen molar-refractivity contribution in [2.45, 2.75) is 143 Å². The molecular weight excluding hydrogens is 684 g/mol. The number of carbonyl (C=O) groups excluding carboxylic acids is 2. The number of aliphatic hydroxyl groups excluding tert-OH is 11. The smallest absolute Gasteiger partial charge is 0.217 e. The maximum absolute atomic E-state index is 12.3. The average molecular weight is 733 g/mol. The Bertz CT molecular complexity index is 1120. The Morgan fingerprint density at radius 3 is 1.66 bits per heavy atom. The topological polar surface area (TPSA) is 345 Å². The number of rotatable bonds is 11. The quantitative estimate of drug-likeness (QED) is 0.0938. The van der Waals surface area contributed by atoms with Gasteiger partial charge in [0, 0.05) is 13.8 Å². The van der Waals surface area contributed by atoms with Gasteiger partial charge >= 0.3 is 0 Å². The summed E-state index contributed by atoms with van der Waals surface area (Å²) in [6.45, 7) is 1.27. The minimum absolute atomic E-state index is 0.630. The molecule has 22 heteroatoms. The van der Waals surface area contributed by atoms with Crippen LogP contribution in [0.15, 0.2) is 0 Å². The van der Waals surface area contributed by atoms with E-state index >= 15 is 0 Å². The highest BCUT2D eigenvalue weighted by atomic mass is 16.8. The van der Waals surface area contributed by atoms with Crippen LogP contribution in [0.5, 0.6) is 0 Å². The van der Waals surface area contributed by atoms with Gasteiger partial charge in [-0.2, -0.15) is 0 Å². The van der Waals surface area contributed by atoms with Crippen molar-refractivity contribution in [2.75, 3.05) is 19.8 Å². The molecule has 4 fully saturated rings. The SMILES string of the molecule is CC(=O)N[C@@H]1[C@@H](O)[C@H](O[C@@H]2O[C@H](CO)[C@@H](O[C@@H]3O[C@H](CO)[C@@H](O)[C@H](O)[C@@H]3O)[C@H](O)[C@H]2NC(C)=O)[C@@H](CO[C@@H]2O[C@@H](C)[C@@H](O)[C@@H](O)[C@@H]2O)O[C@@H]1O. The third-order valence-corrected chi connectivity index (χ3v) is 8.95. The molecule has 0 bridgehead atoms. The fraction of sp³-hybridized carbons (Fsp3) is 0.929. The van der Waals surface area contributed by atoms with Gasteiger partial charge in [0.05, 0.1) is 25.9 Å². The zero-order chi connectivity index (χ0) is 37.2. The Balaban J connectivity index is 1.58. The normalized spacial score (nSPS) is 48.5. The number of hydrogen-bond acceptors (Lipinski definition) is 20. The van der Waals surface area contributed by atoms with Crippen molar-refractivity contribution in [2.24, 2.45) is 0 Å². The first-order chi connectivity index (χ1) is 23.5. The van der Waals surface area contributed by atoms with Crippen LogP contribution in [0.1, 0.15) is 20.8 Å². The number of ether oxygens (including phenoxy) is 7. The lowest BCUT2D eigenvalue weighted by Crippen LogP contribution is -2.70. The summed E-state index contributed by atoms with van der Waals surface area (Å²) in [4.78, 5) is 24.1. The van der Waals surface area contributed by atoms with Crippen LogP contribution in [0.25, 0.3) is 0 Å². The van der Waals surface area contributed by atoms with Gasteiger partial charge in [0.25, 0.3) is 0 Å². The fourth-order valence-electron chi connectivity index (χ4n) is 6.20. The van der Waals surface area contributed by atoms with E-state index in [1.54, 1.807) is 0 Å². The van der Waals surface area contributed by atoms with Crippen molar-refractivity contribution in [3.05, 3.63) is 0 Å². The van der Waals surface area contributed by atoms with Gasteiger partial charge in [-0.3, -0.25) is 9.59 Å². The summed E-state index contributed by atoms with van der Waals surface area (Å²) in [5.41, 5.74) is 0. The monoisotopic (exact) mass is 732 g/mol. The number of amides is 2. The van der Waals surface area contributed by atoms with Gasteiger partial charge in [0.2, 0.25) is 11.8 Å². The Hall–Kier alpha value is -1.78. The zero-order valence-corrected chi connectivity index (χ0v) is 27.3. The summed E-state index contributed by atoms with van der Waals surface area (Å²) in [6.07, 6.45) is -29.6. The number of aliphatic hydroxyl groups is 11. The predicted molar refractivity (Wildman–Crippen MR) is 156 cm³/mol. The second-order valence-corrected chi connectivity index (χ2v) is 12.6. The predicted octanol–water partition coefficient (Wildman–Crippen LogP) is -8.43. The minimum atomic E-state index is -1.90. The van der Waals surface area contributed by atoms with Crippen molar-refractivity contribution in [3.63, 3.8) is 0 Å². The molecule has 4 heterocycles. The van der Waals surface area contributed by atoms with Crippen molar-refractivity contribution < 1.29 is 98.9 Å². The molecule has 0 unspecified atom stereocenters. The van der Waals surface area contributed by atoms with Crippen molar-refractivity contribution in [3.8, 4) is 0 Å². The minimum Gasteiger partial charge on any atom is -0.394 e. The summed E-state index contributed by atoms with van der Waals surface area (Å²) in [7, 11) is 0. The molecule has 4 aliphatic rings. The van der Waals surface area contributed by atoms with Gasteiger partial charge in [-0.1, -0.05) is 0 Å². The van der Waals surface area contributed by atoms with Gasteiger partial charge in [-0.15, -0.1) is 0 Å². The molecule has 13 N–H and O–H groups in total. The van der Waals surface area contributed by atoms with Crippen LogP contribution in [-0.4, -0.2) is 211 Å². The average Bonchev–Trinajstić information content (AvgIpc) is 3.06. The third kappa shape index (κ3) is 8.87. The first-order valence-electron chi connectivity index (χ1n) is 15.9. The van der Waals surface area contributed by atoms with Crippen LogP contribution in [0.4, 0.5) is 0 Å². The van der Waals surface area contributed by atoms with Crippen LogP contribution in [-0.2, 0) is 42.7 Å². The summed E-state index contributed by atoms with van der Waals surface area (Å²) in [5, 5.41) is 119. The molecule has 2 amide bonds. The van der Waals surface area contributed by atoms with E-state index in [-0.39, 0.29) is 0 Å².